The number of aromatic nitrogens is 2. The molecule has 0 unspecified atom stereocenters. The molecule has 0 saturated carbocycles. The van der Waals surface area contributed by atoms with E-state index >= 15 is 0 Å². The number of rotatable bonds is 6. The maximum Gasteiger partial charge on any atom is 0.330 e. The molecule has 0 aromatic carbocycles. The molecule has 0 radical (unpaired) electrons. The van der Waals surface area contributed by atoms with Crippen LogP contribution in [0.25, 0.3) is 10.4 Å². The van der Waals surface area contributed by atoms with Crippen LogP contribution in [0, 0.1) is 0 Å². The van der Waals surface area contributed by atoms with E-state index in [2.05, 4.69) is 48.9 Å². The fourth-order valence-electron chi connectivity index (χ4n) is 2.62. The van der Waals surface area contributed by atoms with Crippen LogP contribution in [0.2, 0.25) is 18.1 Å². The highest BCUT2D eigenvalue weighted by Gasteiger charge is 2.50. The second kappa shape index (κ2) is 7.59. The van der Waals surface area contributed by atoms with Crippen molar-refractivity contribution in [3.05, 3.63) is 43.5 Å². The number of aromatic amines is 1. The van der Waals surface area contributed by atoms with Crippen molar-refractivity contribution in [3.63, 3.8) is 0 Å². The van der Waals surface area contributed by atoms with Gasteiger partial charge in [-0.2, -0.15) is 0 Å². The van der Waals surface area contributed by atoms with Crippen molar-refractivity contribution in [1.82, 2.24) is 9.55 Å². The zero-order chi connectivity index (χ0) is 20.5. The van der Waals surface area contributed by atoms with Crippen molar-refractivity contribution in [2.45, 2.75) is 63.3 Å². The summed E-state index contributed by atoms with van der Waals surface area (Å²) in [5.74, 6) is 0. The lowest BCUT2D eigenvalue weighted by atomic mass is 10.0. The first-order chi connectivity index (χ1) is 12.4. The van der Waals surface area contributed by atoms with Gasteiger partial charge in [0.05, 0.1) is 13.2 Å². The lowest BCUT2D eigenvalue weighted by molar-refractivity contribution is -0.0974. The molecule has 0 amide bonds. The first kappa shape index (κ1) is 21.4. The number of halogens is 1. The van der Waals surface area contributed by atoms with Gasteiger partial charge in [0.1, 0.15) is 11.8 Å². The fraction of sp³-hybridized carbons (Fsp3) is 0.750. The summed E-state index contributed by atoms with van der Waals surface area (Å²) in [6.07, 6.45) is -1.65. The molecule has 11 heteroatoms. The highest BCUT2D eigenvalue weighted by Crippen LogP contribution is 2.42. The Morgan fingerprint density at radius 3 is 2.74 bits per heavy atom. The Hall–Kier alpha value is -1.94. The van der Waals surface area contributed by atoms with E-state index in [0.29, 0.717) is 0 Å². The molecule has 1 N–H and O–H groups in total. The molecule has 0 bridgehead atoms. The zero-order valence-corrected chi connectivity index (χ0v) is 17.2. The smallest absolute Gasteiger partial charge is 0.330 e. The molecule has 0 aliphatic carbocycles. The lowest BCUT2D eigenvalue weighted by Crippen LogP contribution is -2.47. The average molecular weight is 399 g/mol. The van der Waals surface area contributed by atoms with E-state index in [1.54, 1.807) is 0 Å². The Morgan fingerprint density at radius 1 is 1.52 bits per heavy atom. The minimum absolute atomic E-state index is 0.0531. The number of alkyl halides is 1. The summed E-state index contributed by atoms with van der Waals surface area (Å²) in [6, 6.07) is 1.12. The van der Waals surface area contributed by atoms with Gasteiger partial charge in [-0.05, 0) is 23.7 Å². The molecule has 27 heavy (non-hydrogen) atoms. The summed E-state index contributed by atoms with van der Waals surface area (Å²) >= 11 is 0. The molecule has 150 valence electrons. The van der Waals surface area contributed by atoms with Gasteiger partial charge in [0.25, 0.3) is 5.56 Å². The molecule has 3 atom stereocenters. The van der Waals surface area contributed by atoms with E-state index in [1.165, 1.54) is 6.20 Å². The van der Waals surface area contributed by atoms with Gasteiger partial charge in [0, 0.05) is 23.6 Å². The Labute approximate surface area is 157 Å². The third-order valence-corrected chi connectivity index (χ3v) is 9.78. The summed E-state index contributed by atoms with van der Waals surface area (Å²) in [5, 5.41) is 3.51. The predicted molar refractivity (Wildman–Crippen MR) is 101 cm³/mol. The van der Waals surface area contributed by atoms with Crippen molar-refractivity contribution in [2.24, 2.45) is 5.11 Å². The van der Waals surface area contributed by atoms with Gasteiger partial charge in [-0.15, -0.1) is 0 Å². The number of nitrogens with one attached hydrogen (secondary N) is 1. The first-order valence-electron chi connectivity index (χ1n) is 8.69. The van der Waals surface area contributed by atoms with Crippen molar-refractivity contribution in [3.8, 4) is 0 Å². The summed E-state index contributed by atoms with van der Waals surface area (Å²) in [4.78, 5) is 28.1. The number of nitrogens with zero attached hydrogens (tertiary/aromatic N) is 4. The maximum absolute atomic E-state index is 14.8. The highest BCUT2D eigenvalue weighted by molar-refractivity contribution is 6.74. The number of ether oxygens (including phenoxy) is 1. The van der Waals surface area contributed by atoms with E-state index in [1.807, 2.05) is 0 Å². The molecule has 2 heterocycles. The number of hydrogen-bond acceptors (Lipinski definition) is 5. The van der Waals surface area contributed by atoms with Crippen molar-refractivity contribution >= 4 is 8.32 Å². The van der Waals surface area contributed by atoms with Crippen LogP contribution < -0.4 is 11.2 Å². The van der Waals surface area contributed by atoms with Gasteiger partial charge >= 0.3 is 5.69 Å². The largest absolute Gasteiger partial charge is 0.414 e. The fourth-order valence-corrected chi connectivity index (χ4v) is 3.68. The SMILES string of the molecule is CC(C)(C)[Si](C)(C)OC[C@]1(CN=[N+]=[N-])C[C@@H](F)[C@H](n2ccc(=O)[nH]c2=O)O1. The van der Waals surface area contributed by atoms with Crippen LogP contribution in [0.15, 0.2) is 27.0 Å². The normalized spacial score (nSPS) is 26.0. The summed E-state index contributed by atoms with van der Waals surface area (Å²) in [7, 11) is -2.15. The molecular formula is C16H26FN5O4Si. The maximum atomic E-state index is 14.8. The van der Waals surface area contributed by atoms with Crippen LogP contribution in [0.1, 0.15) is 33.4 Å². The molecule has 2 rings (SSSR count). The van der Waals surface area contributed by atoms with Gasteiger partial charge in [0.15, 0.2) is 14.5 Å². The van der Waals surface area contributed by atoms with Crippen LogP contribution in [0.3, 0.4) is 0 Å². The van der Waals surface area contributed by atoms with Gasteiger partial charge in [-0.25, -0.2) is 9.18 Å². The van der Waals surface area contributed by atoms with Gasteiger partial charge in [0.2, 0.25) is 0 Å². The van der Waals surface area contributed by atoms with Crippen LogP contribution in [0.5, 0.6) is 0 Å². The molecule has 1 aromatic rings. The molecule has 1 aliphatic heterocycles. The van der Waals surface area contributed by atoms with Crippen molar-refractivity contribution < 1.29 is 13.6 Å². The number of hydrogen-bond donors (Lipinski definition) is 1. The molecule has 1 fully saturated rings. The van der Waals surface area contributed by atoms with Gasteiger partial charge < -0.3 is 9.16 Å². The first-order valence-corrected chi connectivity index (χ1v) is 11.6. The van der Waals surface area contributed by atoms with Crippen LogP contribution in [0.4, 0.5) is 4.39 Å². The molecule has 1 aliphatic rings. The van der Waals surface area contributed by atoms with Gasteiger partial charge in [-0.1, -0.05) is 25.9 Å². The minimum Gasteiger partial charge on any atom is -0.414 e. The quantitative estimate of drug-likeness (QED) is 0.342. The molecule has 1 saturated heterocycles. The summed E-state index contributed by atoms with van der Waals surface area (Å²) in [5.41, 5.74) is 6.18. The van der Waals surface area contributed by atoms with E-state index in [4.69, 9.17) is 14.7 Å². The molecule has 0 spiro atoms. The number of azide groups is 1. The lowest BCUT2D eigenvalue weighted by Gasteiger charge is -2.39. The Morgan fingerprint density at radius 2 is 2.19 bits per heavy atom. The molecule has 9 nitrogen and oxygen atoms in total. The van der Waals surface area contributed by atoms with Crippen LogP contribution in [-0.4, -0.2) is 42.8 Å². The Kier molecular flexibility index (Phi) is 6.00. The van der Waals surface area contributed by atoms with Crippen LogP contribution in [-0.2, 0) is 9.16 Å². The van der Waals surface area contributed by atoms with E-state index < -0.39 is 37.6 Å². The zero-order valence-electron chi connectivity index (χ0n) is 16.2. The number of H-pyrrole nitrogens is 1. The second-order valence-corrected chi connectivity index (χ2v) is 13.2. The monoisotopic (exact) mass is 399 g/mol. The van der Waals surface area contributed by atoms with Crippen molar-refractivity contribution in [1.29, 1.82) is 0 Å². The third kappa shape index (κ3) is 4.67. The van der Waals surface area contributed by atoms with E-state index in [9.17, 15) is 14.0 Å². The molecule has 1 aromatic heterocycles. The minimum atomic E-state index is -2.15. The van der Waals surface area contributed by atoms with E-state index in [0.717, 1.165) is 10.6 Å². The predicted octanol–water partition coefficient (Wildman–Crippen LogP) is 2.86. The Bertz CT molecular complexity index is 842. The summed E-state index contributed by atoms with van der Waals surface area (Å²) < 4.78 is 27.8. The standard InChI is InChI=1S/C16H26FN5O4Si/c1-15(2,3)27(4,5)25-10-16(9-19-21-18)8-11(17)13(26-16)22-7-6-12(23)20-14(22)24/h6-7,11,13H,8-10H2,1-5H3,(H,20,23,24)/t11-,13-,16-/m1/s1. The third-order valence-electron chi connectivity index (χ3n) is 5.30. The topological polar surface area (TPSA) is 122 Å². The second-order valence-electron chi connectivity index (χ2n) is 8.37. The average Bonchev–Trinajstić information content (AvgIpc) is 2.87. The highest BCUT2D eigenvalue weighted by atomic mass is 28.4. The molecular weight excluding hydrogens is 373 g/mol. The van der Waals surface area contributed by atoms with Crippen LogP contribution >= 0.6 is 0 Å². The van der Waals surface area contributed by atoms with Crippen molar-refractivity contribution in [2.75, 3.05) is 13.2 Å². The van der Waals surface area contributed by atoms with Gasteiger partial charge in [-0.3, -0.25) is 14.3 Å². The van der Waals surface area contributed by atoms with E-state index in [-0.39, 0.29) is 24.6 Å². The summed E-state index contributed by atoms with van der Waals surface area (Å²) in [6.45, 7) is 10.3. The Balaban J connectivity index is 2.30.